The van der Waals surface area contributed by atoms with Gasteiger partial charge in [-0.15, -0.1) is 0 Å². The number of aryl methyl sites for hydroxylation is 1. The monoisotopic (exact) mass is 275 g/mol. The van der Waals surface area contributed by atoms with Gasteiger partial charge in [0, 0.05) is 25.4 Å². The molecule has 7 heteroatoms. The maximum Gasteiger partial charge on any atom is 0.354 e. The number of nitrogens with zero attached hydrogens (tertiary/aromatic N) is 3. The van der Waals surface area contributed by atoms with Crippen molar-refractivity contribution in [3.05, 3.63) is 24.0 Å². The summed E-state index contributed by atoms with van der Waals surface area (Å²) in [6, 6.07) is 3.54. The molecule has 2 heterocycles. The Bertz CT molecular complexity index is 831. The molecular formula is C13H13N3O4. The second-order valence-electron chi connectivity index (χ2n) is 4.36. The standard InChI is InChI=1S/C13H13N3O4/c1-15-9(12(17)18)6-16-8-5-11(20-3)10(19-2)4-7(8)14-13(15)16/h4-6H,1-3H3,(H,17,18). The first kappa shape index (κ1) is 12.3. The molecular weight excluding hydrogens is 262 g/mol. The average Bonchev–Trinajstić information content (AvgIpc) is 2.94. The third-order valence-electron chi connectivity index (χ3n) is 3.31. The quantitative estimate of drug-likeness (QED) is 0.784. The van der Waals surface area contributed by atoms with Crippen LogP contribution in [0.5, 0.6) is 11.5 Å². The number of carboxylic acid groups (broad SMARTS) is 1. The van der Waals surface area contributed by atoms with E-state index in [4.69, 9.17) is 14.6 Å². The molecule has 3 aromatic rings. The second-order valence-corrected chi connectivity index (χ2v) is 4.36. The van der Waals surface area contributed by atoms with Crippen molar-refractivity contribution in [2.45, 2.75) is 0 Å². The van der Waals surface area contributed by atoms with E-state index in [-0.39, 0.29) is 5.69 Å². The van der Waals surface area contributed by atoms with Gasteiger partial charge in [-0.3, -0.25) is 4.40 Å². The van der Waals surface area contributed by atoms with Gasteiger partial charge in [-0.05, 0) is 0 Å². The first-order chi connectivity index (χ1) is 9.56. The Balaban J connectivity index is 2.38. The molecule has 0 unspecified atom stereocenters. The third kappa shape index (κ3) is 1.52. The highest BCUT2D eigenvalue weighted by Crippen LogP contribution is 2.32. The van der Waals surface area contributed by atoms with Crippen LogP contribution >= 0.6 is 0 Å². The van der Waals surface area contributed by atoms with Crippen LogP contribution in [0.15, 0.2) is 18.3 Å². The van der Waals surface area contributed by atoms with Gasteiger partial charge in [-0.2, -0.15) is 0 Å². The number of aromatic nitrogens is 3. The lowest BCUT2D eigenvalue weighted by Crippen LogP contribution is -2.03. The van der Waals surface area contributed by atoms with E-state index in [1.54, 1.807) is 44.0 Å². The van der Waals surface area contributed by atoms with E-state index in [9.17, 15) is 4.79 Å². The van der Waals surface area contributed by atoms with Crippen molar-refractivity contribution in [1.29, 1.82) is 0 Å². The summed E-state index contributed by atoms with van der Waals surface area (Å²) < 4.78 is 13.7. The molecule has 0 aliphatic carbocycles. The van der Waals surface area contributed by atoms with Gasteiger partial charge in [0.15, 0.2) is 11.5 Å². The molecule has 0 saturated carbocycles. The Morgan fingerprint density at radius 2 is 1.90 bits per heavy atom. The first-order valence-corrected chi connectivity index (χ1v) is 5.89. The van der Waals surface area contributed by atoms with Gasteiger partial charge in [0.05, 0.1) is 25.3 Å². The molecule has 3 rings (SSSR count). The number of methoxy groups -OCH3 is 2. The molecule has 1 aromatic carbocycles. The van der Waals surface area contributed by atoms with Crippen molar-refractivity contribution in [3.63, 3.8) is 0 Å². The topological polar surface area (TPSA) is 78.0 Å². The van der Waals surface area contributed by atoms with Crippen LogP contribution in [0.4, 0.5) is 0 Å². The Morgan fingerprint density at radius 1 is 1.25 bits per heavy atom. The molecule has 0 atom stereocenters. The average molecular weight is 275 g/mol. The van der Waals surface area contributed by atoms with Gasteiger partial charge < -0.3 is 19.1 Å². The van der Waals surface area contributed by atoms with Gasteiger partial charge in [0.1, 0.15) is 5.69 Å². The summed E-state index contributed by atoms with van der Waals surface area (Å²) in [6.45, 7) is 0. The van der Waals surface area contributed by atoms with Crippen LogP contribution in [0.25, 0.3) is 16.8 Å². The summed E-state index contributed by atoms with van der Waals surface area (Å²) in [4.78, 5) is 15.6. The van der Waals surface area contributed by atoms with Crippen LogP contribution in [-0.2, 0) is 7.05 Å². The van der Waals surface area contributed by atoms with Crippen LogP contribution in [0, 0.1) is 0 Å². The van der Waals surface area contributed by atoms with Crippen LogP contribution in [0.2, 0.25) is 0 Å². The van der Waals surface area contributed by atoms with Gasteiger partial charge in [-0.25, -0.2) is 9.78 Å². The summed E-state index contributed by atoms with van der Waals surface area (Å²) in [5, 5.41) is 9.13. The highest BCUT2D eigenvalue weighted by molar-refractivity contribution is 5.89. The second kappa shape index (κ2) is 4.16. The molecule has 0 spiro atoms. The van der Waals surface area contributed by atoms with E-state index < -0.39 is 5.97 Å². The molecule has 104 valence electrons. The molecule has 20 heavy (non-hydrogen) atoms. The third-order valence-corrected chi connectivity index (χ3v) is 3.31. The predicted molar refractivity (Wildman–Crippen MR) is 71.7 cm³/mol. The number of imidazole rings is 2. The molecule has 0 amide bonds. The zero-order chi connectivity index (χ0) is 14.4. The maximum absolute atomic E-state index is 11.1. The minimum Gasteiger partial charge on any atom is -0.493 e. The van der Waals surface area contributed by atoms with E-state index in [1.165, 1.54) is 4.57 Å². The summed E-state index contributed by atoms with van der Waals surface area (Å²) in [5.41, 5.74) is 1.65. The number of ether oxygens (including phenoxy) is 2. The Morgan fingerprint density at radius 3 is 2.50 bits per heavy atom. The van der Waals surface area contributed by atoms with E-state index in [0.29, 0.717) is 22.8 Å². The number of hydrogen-bond acceptors (Lipinski definition) is 4. The predicted octanol–water partition coefficient (Wildman–Crippen LogP) is 1.54. The molecule has 0 saturated heterocycles. The van der Waals surface area contributed by atoms with Gasteiger partial charge in [0.25, 0.3) is 0 Å². The molecule has 0 radical (unpaired) electrons. The number of carbonyl (C=O) groups is 1. The molecule has 7 nitrogen and oxygen atoms in total. The molecule has 0 aliphatic rings. The van der Waals surface area contributed by atoms with Crippen LogP contribution < -0.4 is 9.47 Å². The van der Waals surface area contributed by atoms with Crippen LogP contribution in [0.3, 0.4) is 0 Å². The summed E-state index contributed by atoms with van der Waals surface area (Å²) in [5.74, 6) is 0.712. The van der Waals surface area contributed by atoms with Crippen molar-refractivity contribution < 1.29 is 19.4 Å². The zero-order valence-electron chi connectivity index (χ0n) is 11.2. The zero-order valence-corrected chi connectivity index (χ0v) is 11.2. The Hall–Kier alpha value is -2.70. The van der Waals surface area contributed by atoms with Crippen molar-refractivity contribution in [3.8, 4) is 11.5 Å². The lowest BCUT2D eigenvalue weighted by molar-refractivity contribution is 0.0687. The van der Waals surface area contributed by atoms with Crippen molar-refractivity contribution in [2.24, 2.45) is 7.05 Å². The molecule has 0 fully saturated rings. The summed E-state index contributed by atoms with van der Waals surface area (Å²) >= 11 is 0. The number of fused-ring (bicyclic) bond motifs is 3. The molecule has 2 aromatic heterocycles. The lowest BCUT2D eigenvalue weighted by Gasteiger charge is -2.06. The van der Waals surface area contributed by atoms with E-state index >= 15 is 0 Å². The van der Waals surface area contributed by atoms with Crippen LogP contribution in [0.1, 0.15) is 10.5 Å². The SMILES string of the molecule is COc1cc2nc3n(C)c(C(=O)O)cn3c2cc1OC. The largest absolute Gasteiger partial charge is 0.493 e. The van der Waals surface area contributed by atoms with Gasteiger partial charge in [0.2, 0.25) is 5.78 Å². The first-order valence-electron chi connectivity index (χ1n) is 5.89. The van der Waals surface area contributed by atoms with E-state index in [0.717, 1.165) is 5.52 Å². The maximum atomic E-state index is 11.1. The van der Waals surface area contributed by atoms with Gasteiger partial charge >= 0.3 is 5.97 Å². The lowest BCUT2D eigenvalue weighted by atomic mass is 10.2. The Labute approximate surface area is 114 Å². The number of aromatic carboxylic acids is 1. The summed E-state index contributed by atoms with van der Waals surface area (Å²) in [6.07, 6.45) is 1.54. The fraction of sp³-hybridized carbons (Fsp3) is 0.231. The number of benzene rings is 1. The van der Waals surface area contributed by atoms with Crippen molar-refractivity contribution in [1.82, 2.24) is 14.0 Å². The Kier molecular flexibility index (Phi) is 2.56. The molecule has 1 N–H and O–H groups in total. The number of rotatable bonds is 3. The minimum absolute atomic E-state index is 0.171. The highest BCUT2D eigenvalue weighted by Gasteiger charge is 2.18. The normalized spacial score (nSPS) is 11.2. The summed E-state index contributed by atoms with van der Waals surface area (Å²) in [7, 11) is 4.77. The highest BCUT2D eigenvalue weighted by atomic mass is 16.5. The number of hydrogen-bond donors (Lipinski definition) is 1. The minimum atomic E-state index is -0.994. The smallest absolute Gasteiger partial charge is 0.354 e. The fourth-order valence-corrected chi connectivity index (χ4v) is 2.29. The van der Waals surface area contributed by atoms with Crippen molar-refractivity contribution >= 4 is 22.8 Å². The van der Waals surface area contributed by atoms with Gasteiger partial charge in [-0.1, -0.05) is 0 Å². The fourth-order valence-electron chi connectivity index (χ4n) is 2.29. The molecule has 0 aliphatic heterocycles. The van der Waals surface area contributed by atoms with E-state index in [2.05, 4.69) is 4.98 Å². The van der Waals surface area contributed by atoms with Crippen LogP contribution in [-0.4, -0.2) is 39.2 Å². The molecule has 0 bridgehead atoms. The van der Waals surface area contributed by atoms with E-state index in [1.807, 2.05) is 0 Å². The van der Waals surface area contributed by atoms with Crippen molar-refractivity contribution in [2.75, 3.05) is 14.2 Å². The number of carboxylic acids is 1.